The Morgan fingerprint density at radius 1 is 1.61 bits per heavy atom. The lowest BCUT2D eigenvalue weighted by Gasteiger charge is -2.05. The van der Waals surface area contributed by atoms with Gasteiger partial charge in [0.15, 0.2) is 5.69 Å². The fourth-order valence-corrected chi connectivity index (χ4v) is 1.30. The van der Waals surface area contributed by atoms with Crippen LogP contribution in [-0.4, -0.2) is 40.0 Å². The Balaban J connectivity index is 0.00000289. The highest BCUT2D eigenvalue weighted by atomic mass is 35.5. The topological polar surface area (TPSA) is 107 Å². The Bertz CT molecular complexity index is 408. The number of methoxy groups -OCH3 is 1. The van der Waals surface area contributed by atoms with Gasteiger partial charge in [0.1, 0.15) is 6.04 Å². The number of aliphatic carboxylic acids is 1. The third-order valence-corrected chi connectivity index (χ3v) is 2.25. The summed E-state index contributed by atoms with van der Waals surface area (Å²) in [5, 5.41) is 12.6. The van der Waals surface area contributed by atoms with Crippen LogP contribution in [0.5, 0.6) is 0 Å². The second-order valence-electron chi connectivity index (χ2n) is 3.54. The van der Waals surface area contributed by atoms with Crippen LogP contribution in [0.15, 0.2) is 12.3 Å². The molecule has 1 aromatic heterocycles. The van der Waals surface area contributed by atoms with Gasteiger partial charge in [-0.05, 0) is 18.9 Å². The summed E-state index contributed by atoms with van der Waals surface area (Å²) in [4.78, 5) is 21.6. The van der Waals surface area contributed by atoms with Crippen molar-refractivity contribution in [1.82, 2.24) is 9.78 Å². The van der Waals surface area contributed by atoms with Crippen molar-refractivity contribution in [2.24, 2.45) is 5.73 Å². The maximum absolute atomic E-state index is 11.1. The van der Waals surface area contributed by atoms with Crippen molar-refractivity contribution in [1.29, 1.82) is 0 Å². The van der Waals surface area contributed by atoms with Crippen molar-refractivity contribution in [3.8, 4) is 0 Å². The SMILES string of the molecule is COC(=O)c1ccn(CCC[C@H](N)C(=O)O)n1.Cl. The van der Waals surface area contributed by atoms with E-state index < -0.39 is 18.0 Å². The van der Waals surface area contributed by atoms with Crippen LogP contribution in [0.2, 0.25) is 0 Å². The summed E-state index contributed by atoms with van der Waals surface area (Å²) in [6.45, 7) is 0.512. The van der Waals surface area contributed by atoms with Crippen molar-refractivity contribution in [2.75, 3.05) is 7.11 Å². The van der Waals surface area contributed by atoms with E-state index in [1.54, 1.807) is 16.9 Å². The maximum Gasteiger partial charge on any atom is 0.358 e. The molecule has 0 aromatic carbocycles. The van der Waals surface area contributed by atoms with Gasteiger partial charge in [-0.15, -0.1) is 12.4 Å². The highest BCUT2D eigenvalue weighted by molar-refractivity contribution is 5.86. The molecule has 3 N–H and O–H groups in total. The Morgan fingerprint density at radius 2 is 2.28 bits per heavy atom. The third kappa shape index (κ3) is 4.72. The number of carbonyl (C=O) groups is 2. The largest absolute Gasteiger partial charge is 0.480 e. The molecule has 1 aromatic rings. The van der Waals surface area contributed by atoms with Gasteiger partial charge < -0.3 is 15.6 Å². The summed E-state index contributed by atoms with van der Waals surface area (Å²) in [6.07, 6.45) is 2.58. The molecule has 8 heteroatoms. The maximum atomic E-state index is 11.1. The number of esters is 1. The van der Waals surface area contributed by atoms with Gasteiger partial charge >= 0.3 is 11.9 Å². The van der Waals surface area contributed by atoms with Gasteiger partial charge in [0.2, 0.25) is 0 Å². The van der Waals surface area contributed by atoms with E-state index in [0.29, 0.717) is 19.4 Å². The molecule has 0 spiro atoms. The predicted molar refractivity (Wildman–Crippen MR) is 65.7 cm³/mol. The average Bonchev–Trinajstić information content (AvgIpc) is 2.76. The summed E-state index contributed by atoms with van der Waals surface area (Å²) in [7, 11) is 1.28. The minimum Gasteiger partial charge on any atom is -0.480 e. The van der Waals surface area contributed by atoms with E-state index in [0.717, 1.165) is 0 Å². The molecular weight excluding hydrogens is 262 g/mol. The summed E-state index contributed by atoms with van der Waals surface area (Å²) in [5.41, 5.74) is 5.58. The number of ether oxygens (including phenoxy) is 1. The lowest BCUT2D eigenvalue weighted by atomic mass is 10.2. The third-order valence-electron chi connectivity index (χ3n) is 2.25. The first kappa shape index (κ1) is 16.4. The molecule has 102 valence electrons. The smallest absolute Gasteiger partial charge is 0.358 e. The molecule has 0 aliphatic heterocycles. The van der Waals surface area contributed by atoms with Gasteiger partial charge in [0, 0.05) is 12.7 Å². The van der Waals surface area contributed by atoms with E-state index in [1.165, 1.54) is 7.11 Å². The van der Waals surface area contributed by atoms with E-state index in [1.807, 2.05) is 0 Å². The van der Waals surface area contributed by atoms with Crippen LogP contribution in [0.1, 0.15) is 23.3 Å². The molecule has 0 saturated carbocycles. The number of carboxylic acids is 1. The van der Waals surface area contributed by atoms with Crippen LogP contribution < -0.4 is 5.73 Å². The van der Waals surface area contributed by atoms with Crippen molar-refractivity contribution >= 4 is 24.3 Å². The number of halogens is 1. The average molecular weight is 278 g/mol. The van der Waals surface area contributed by atoms with E-state index in [9.17, 15) is 9.59 Å². The molecule has 0 radical (unpaired) electrons. The molecule has 0 saturated heterocycles. The van der Waals surface area contributed by atoms with Gasteiger partial charge in [0.05, 0.1) is 7.11 Å². The van der Waals surface area contributed by atoms with Gasteiger partial charge in [-0.1, -0.05) is 0 Å². The normalized spacial score (nSPS) is 11.4. The van der Waals surface area contributed by atoms with Crippen molar-refractivity contribution in [2.45, 2.75) is 25.4 Å². The Morgan fingerprint density at radius 3 is 2.83 bits per heavy atom. The number of aryl methyl sites for hydroxylation is 1. The first-order valence-electron chi connectivity index (χ1n) is 5.14. The number of hydrogen-bond acceptors (Lipinski definition) is 5. The molecule has 0 aliphatic rings. The van der Waals surface area contributed by atoms with Crippen molar-refractivity contribution in [3.63, 3.8) is 0 Å². The minimum atomic E-state index is -1.01. The molecule has 1 rings (SSSR count). The molecule has 18 heavy (non-hydrogen) atoms. The second kappa shape index (κ2) is 7.67. The fourth-order valence-electron chi connectivity index (χ4n) is 1.30. The number of rotatable bonds is 6. The Kier molecular flexibility index (Phi) is 6.99. The van der Waals surface area contributed by atoms with Gasteiger partial charge in [-0.3, -0.25) is 9.48 Å². The van der Waals surface area contributed by atoms with Crippen LogP contribution in [0.3, 0.4) is 0 Å². The zero-order valence-electron chi connectivity index (χ0n) is 9.91. The van der Waals surface area contributed by atoms with Crippen LogP contribution >= 0.6 is 12.4 Å². The summed E-state index contributed by atoms with van der Waals surface area (Å²) in [5.74, 6) is -1.51. The molecule has 1 atom stereocenters. The summed E-state index contributed by atoms with van der Waals surface area (Å²) in [6, 6.07) is 0.689. The van der Waals surface area contributed by atoms with Crippen molar-refractivity contribution < 1.29 is 19.4 Å². The quantitative estimate of drug-likeness (QED) is 0.723. The molecule has 0 amide bonds. The Labute approximate surface area is 110 Å². The fraction of sp³-hybridized carbons (Fsp3) is 0.500. The van der Waals surface area contributed by atoms with Crippen LogP contribution in [-0.2, 0) is 16.1 Å². The van der Waals surface area contributed by atoms with Crippen LogP contribution in [0.4, 0.5) is 0 Å². The molecule has 1 heterocycles. The Hall–Kier alpha value is -1.60. The van der Waals surface area contributed by atoms with Gasteiger partial charge in [-0.2, -0.15) is 5.10 Å². The van der Waals surface area contributed by atoms with Gasteiger partial charge in [-0.25, -0.2) is 4.79 Å². The molecule has 0 aliphatic carbocycles. The highest BCUT2D eigenvalue weighted by Crippen LogP contribution is 2.01. The standard InChI is InChI=1S/C10H15N3O4.ClH/c1-17-10(16)8-4-6-13(12-8)5-2-3-7(11)9(14)15;/h4,6-7H,2-3,5,11H2,1H3,(H,14,15);1H/t7-;/m0./s1. The predicted octanol–water partition coefficient (Wildman–Crippen LogP) is 0.284. The second-order valence-corrected chi connectivity index (χ2v) is 3.54. The number of hydrogen-bond donors (Lipinski definition) is 2. The van der Waals surface area contributed by atoms with Crippen molar-refractivity contribution in [3.05, 3.63) is 18.0 Å². The minimum absolute atomic E-state index is 0. The van der Waals surface area contributed by atoms with E-state index in [2.05, 4.69) is 9.84 Å². The van der Waals surface area contributed by atoms with E-state index in [-0.39, 0.29) is 18.1 Å². The highest BCUT2D eigenvalue weighted by Gasteiger charge is 2.12. The summed E-state index contributed by atoms with van der Waals surface area (Å²) >= 11 is 0. The van der Waals surface area contributed by atoms with E-state index >= 15 is 0 Å². The number of carbonyl (C=O) groups excluding carboxylic acids is 1. The number of carboxylic acid groups (broad SMARTS) is 1. The zero-order chi connectivity index (χ0) is 12.8. The molecule has 0 fully saturated rings. The summed E-state index contributed by atoms with van der Waals surface area (Å²) < 4.78 is 6.07. The lowest BCUT2D eigenvalue weighted by molar-refractivity contribution is -0.138. The first-order chi connectivity index (χ1) is 8.04. The number of nitrogens with zero attached hydrogens (tertiary/aromatic N) is 2. The molecule has 7 nitrogen and oxygen atoms in total. The van der Waals surface area contributed by atoms with E-state index in [4.69, 9.17) is 10.8 Å². The van der Waals surface area contributed by atoms with Crippen LogP contribution in [0.25, 0.3) is 0 Å². The molecular formula is C10H16ClN3O4. The van der Waals surface area contributed by atoms with Crippen LogP contribution in [0, 0.1) is 0 Å². The zero-order valence-corrected chi connectivity index (χ0v) is 10.7. The number of nitrogens with two attached hydrogens (primary N) is 1. The van der Waals surface area contributed by atoms with Gasteiger partial charge in [0.25, 0.3) is 0 Å². The monoisotopic (exact) mass is 277 g/mol. The number of aromatic nitrogens is 2. The lowest BCUT2D eigenvalue weighted by Crippen LogP contribution is -2.30. The molecule has 0 unspecified atom stereocenters. The first-order valence-corrected chi connectivity index (χ1v) is 5.14. The molecule has 0 bridgehead atoms.